The van der Waals surface area contributed by atoms with E-state index in [0.717, 1.165) is 51.5 Å². The molecular weight excluding hydrogens is 558 g/mol. The van der Waals surface area contributed by atoms with Crippen LogP contribution in [-0.2, 0) is 19.4 Å². The molecule has 2 amide bonds. The third-order valence-corrected chi connectivity index (χ3v) is 10.7. The van der Waals surface area contributed by atoms with E-state index in [9.17, 15) is 18.0 Å². The zero-order valence-electron chi connectivity index (χ0n) is 25.1. The van der Waals surface area contributed by atoms with E-state index in [0.29, 0.717) is 42.3 Å². The largest absolute Gasteiger partial charge is 0.495 e. The third-order valence-electron chi connectivity index (χ3n) is 9.09. The van der Waals surface area contributed by atoms with Gasteiger partial charge in [0.05, 0.1) is 17.7 Å². The average Bonchev–Trinajstić information content (AvgIpc) is 3.47. The number of nitrogens with zero attached hydrogens (tertiary/aromatic N) is 3. The topological polar surface area (TPSA) is 149 Å². The number of carbonyl (C=O) groups is 2. The van der Waals surface area contributed by atoms with Crippen molar-refractivity contribution in [1.29, 1.82) is 0 Å². The Labute approximate surface area is 248 Å². The van der Waals surface area contributed by atoms with Gasteiger partial charge in [-0.2, -0.15) is 0 Å². The molecule has 1 unspecified atom stereocenters. The van der Waals surface area contributed by atoms with Gasteiger partial charge < -0.3 is 30.1 Å². The van der Waals surface area contributed by atoms with Crippen molar-refractivity contribution in [3.8, 4) is 5.75 Å². The molecule has 3 aliphatic heterocycles. The molecule has 0 bridgehead atoms. The molecule has 5 rings (SSSR count). The predicted molar refractivity (Wildman–Crippen MR) is 160 cm³/mol. The highest BCUT2D eigenvalue weighted by Gasteiger charge is 2.46. The van der Waals surface area contributed by atoms with Crippen molar-refractivity contribution in [1.82, 2.24) is 25.3 Å². The van der Waals surface area contributed by atoms with E-state index in [1.54, 1.807) is 11.0 Å². The fraction of sp³-hybridized carbons (Fsp3) is 0.655. The minimum absolute atomic E-state index is 0.0209. The molecule has 232 valence electrons. The molecule has 1 aromatic rings. The molecule has 3 heterocycles. The zero-order chi connectivity index (χ0) is 30.2. The minimum Gasteiger partial charge on any atom is -0.495 e. The van der Waals surface area contributed by atoms with Crippen LogP contribution in [-0.4, -0.2) is 92.5 Å². The number of sulfone groups is 1. The van der Waals surface area contributed by atoms with Gasteiger partial charge in [0.25, 0.3) is 5.91 Å². The Balaban J connectivity index is 1.37. The number of nitrogens with one attached hydrogen (secondary N) is 3. The van der Waals surface area contributed by atoms with E-state index >= 15 is 0 Å². The van der Waals surface area contributed by atoms with Crippen molar-refractivity contribution in [2.45, 2.75) is 81.7 Å². The molecular formula is C29H45N7O5S. The van der Waals surface area contributed by atoms with E-state index in [-0.39, 0.29) is 22.6 Å². The summed E-state index contributed by atoms with van der Waals surface area (Å²) in [6.45, 7) is 6.18. The van der Waals surface area contributed by atoms with Crippen LogP contribution in [0, 0.1) is 5.92 Å². The Bertz CT molecular complexity index is 1340. The van der Waals surface area contributed by atoms with Gasteiger partial charge >= 0.3 is 0 Å². The van der Waals surface area contributed by atoms with Crippen molar-refractivity contribution in [3.63, 3.8) is 0 Å². The number of likely N-dealkylation sites (tertiary alicyclic amines) is 1. The Kier molecular flexibility index (Phi) is 8.53. The first-order valence-corrected chi connectivity index (χ1v) is 16.7. The lowest BCUT2D eigenvalue weighted by molar-refractivity contribution is -0.129. The molecule has 12 nitrogen and oxygen atoms in total. The van der Waals surface area contributed by atoms with Gasteiger partial charge in [-0.25, -0.2) is 8.42 Å². The highest BCUT2D eigenvalue weighted by atomic mass is 32.2. The van der Waals surface area contributed by atoms with E-state index in [4.69, 9.17) is 10.5 Å². The van der Waals surface area contributed by atoms with Crippen molar-refractivity contribution < 1.29 is 22.7 Å². The van der Waals surface area contributed by atoms with Crippen LogP contribution < -0.4 is 26.4 Å². The van der Waals surface area contributed by atoms with Gasteiger partial charge in [0.1, 0.15) is 23.0 Å². The van der Waals surface area contributed by atoms with Gasteiger partial charge in [0, 0.05) is 44.8 Å². The number of amides is 2. The van der Waals surface area contributed by atoms with Gasteiger partial charge in [-0.3, -0.25) is 20.6 Å². The number of methoxy groups -OCH3 is 1. The molecule has 42 heavy (non-hydrogen) atoms. The number of carbonyl (C=O) groups excluding carboxylic acids is 2. The molecule has 5 N–H and O–H groups in total. The quantitative estimate of drug-likeness (QED) is 0.323. The molecule has 0 radical (unpaired) electrons. The summed E-state index contributed by atoms with van der Waals surface area (Å²) in [5.74, 6) is -1.42. The summed E-state index contributed by atoms with van der Waals surface area (Å²) in [5.41, 5.74) is 7.67. The number of ether oxygens (including phenoxy) is 1. The van der Waals surface area contributed by atoms with Crippen molar-refractivity contribution in [2.24, 2.45) is 11.7 Å². The van der Waals surface area contributed by atoms with Crippen LogP contribution in [0.2, 0.25) is 0 Å². The maximum atomic E-state index is 13.4. The maximum absolute atomic E-state index is 13.4. The standard InChI is InChI=1S/C29H45N7O5S/c1-5-20-17-34(3)26-27(36(20)21-8-6-7-9-21)32-29(30,33-28(26)38)31-23-11-10-22(16-24(23)41-4)42(39,40)18-25(37)35-14-12-19(2)13-15-35/h10-11,16,19-21,31-32H,5-9,12-15,17-18,30H2,1-4H3,(H,33,38)/t20?,29-/m0/s1. The lowest BCUT2D eigenvalue weighted by atomic mass is 9.99. The van der Waals surface area contributed by atoms with Gasteiger partial charge in [0.2, 0.25) is 11.8 Å². The van der Waals surface area contributed by atoms with E-state index in [1.165, 1.54) is 19.2 Å². The molecule has 2 atom stereocenters. The summed E-state index contributed by atoms with van der Waals surface area (Å²) in [6, 6.07) is 4.91. The Morgan fingerprint density at radius 1 is 1.17 bits per heavy atom. The van der Waals surface area contributed by atoms with Crippen LogP contribution in [0.3, 0.4) is 0 Å². The Morgan fingerprint density at radius 2 is 1.86 bits per heavy atom. The average molecular weight is 604 g/mol. The highest BCUT2D eigenvalue weighted by Crippen LogP contribution is 2.36. The minimum atomic E-state index is -3.91. The van der Waals surface area contributed by atoms with Crippen LogP contribution in [0.15, 0.2) is 34.6 Å². The molecule has 0 aromatic heterocycles. The molecule has 13 heteroatoms. The second-order valence-electron chi connectivity index (χ2n) is 12.2. The number of anilines is 1. The Morgan fingerprint density at radius 3 is 2.50 bits per heavy atom. The summed E-state index contributed by atoms with van der Waals surface area (Å²) in [5, 5.41) is 9.35. The molecule has 1 aliphatic carbocycles. The fourth-order valence-corrected chi connectivity index (χ4v) is 7.91. The van der Waals surface area contributed by atoms with Crippen LogP contribution in [0.4, 0.5) is 5.69 Å². The van der Waals surface area contributed by atoms with E-state index < -0.39 is 27.4 Å². The lowest BCUT2D eigenvalue weighted by Crippen LogP contribution is -2.76. The van der Waals surface area contributed by atoms with E-state index in [2.05, 4.69) is 34.7 Å². The third kappa shape index (κ3) is 5.98. The monoisotopic (exact) mass is 603 g/mol. The van der Waals surface area contributed by atoms with Crippen LogP contribution in [0.1, 0.15) is 58.8 Å². The molecule has 1 aromatic carbocycles. The number of hydrogen-bond acceptors (Lipinski definition) is 10. The first kappa shape index (κ1) is 30.3. The van der Waals surface area contributed by atoms with Crippen molar-refractivity contribution >= 4 is 27.3 Å². The first-order valence-electron chi connectivity index (χ1n) is 15.0. The van der Waals surface area contributed by atoms with Gasteiger partial charge in [-0.05, 0) is 50.2 Å². The number of nitrogens with two attached hydrogens (primary N) is 1. The first-order chi connectivity index (χ1) is 19.9. The normalized spacial score (nSPS) is 25.7. The smallest absolute Gasteiger partial charge is 0.275 e. The number of benzene rings is 1. The zero-order valence-corrected chi connectivity index (χ0v) is 25.9. The second kappa shape index (κ2) is 11.8. The lowest BCUT2D eigenvalue weighted by Gasteiger charge is -2.52. The van der Waals surface area contributed by atoms with Gasteiger partial charge in [0.15, 0.2) is 9.84 Å². The van der Waals surface area contributed by atoms with Gasteiger partial charge in [-0.15, -0.1) is 0 Å². The number of likely N-dealkylation sites (N-methyl/N-ethyl adjacent to an activating group) is 1. The van der Waals surface area contributed by atoms with Crippen molar-refractivity contribution in [3.05, 3.63) is 29.7 Å². The Hall–Kier alpha value is -3.19. The predicted octanol–water partition coefficient (Wildman–Crippen LogP) is 1.57. The second-order valence-corrected chi connectivity index (χ2v) is 14.2. The molecule has 4 aliphatic rings. The number of piperidine rings is 1. The molecule has 0 spiro atoms. The van der Waals surface area contributed by atoms with Crippen LogP contribution in [0.5, 0.6) is 5.75 Å². The highest BCUT2D eigenvalue weighted by molar-refractivity contribution is 7.92. The molecule has 1 saturated carbocycles. The summed E-state index contributed by atoms with van der Waals surface area (Å²) < 4.78 is 31.9. The molecule has 2 fully saturated rings. The number of hydrogen-bond donors (Lipinski definition) is 4. The molecule has 1 saturated heterocycles. The van der Waals surface area contributed by atoms with Crippen LogP contribution >= 0.6 is 0 Å². The van der Waals surface area contributed by atoms with Crippen LogP contribution in [0.25, 0.3) is 0 Å². The fourth-order valence-electron chi connectivity index (χ4n) is 6.67. The maximum Gasteiger partial charge on any atom is 0.275 e. The number of rotatable bonds is 8. The summed E-state index contributed by atoms with van der Waals surface area (Å²) in [7, 11) is -0.566. The van der Waals surface area contributed by atoms with Crippen molar-refractivity contribution in [2.75, 3.05) is 44.9 Å². The van der Waals surface area contributed by atoms with Gasteiger partial charge in [-0.1, -0.05) is 26.7 Å². The summed E-state index contributed by atoms with van der Waals surface area (Å²) in [4.78, 5) is 32.2. The summed E-state index contributed by atoms with van der Waals surface area (Å²) >= 11 is 0. The SMILES string of the molecule is CCC1CN(C)C2=C(N[C@](N)(Nc3ccc(S(=O)(=O)CC(=O)N4CCC(C)CC4)cc3OC)NC2=O)N1C1CCCC1. The summed E-state index contributed by atoms with van der Waals surface area (Å²) in [6.07, 6.45) is 7.11. The van der Waals surface area contributed by atoms with E-state index in [1.807, 2.05) is 11.9 Å².